The number of carbonyl (C=O) groups is 1. The van der Waals surface area contributed by atoms with Crippen molar-refractivity contribution in [3.8, 4) is 12.3 Å². The zero-order chi connectivity index (χ0) is 25.2. The van der Waals surface area contributed by atoms with E-state index in [2.05, 4.69) is 36.9 Å². The van der Waals surface area contributed by atoms with Crippen molar-refractivity contribution in [3.05, 3.63) is 58.4 Å². The van der Waals surface area contributed by atoms with Crippen molar-refractivity contribution in [2.24, 2.45) is 4.99 Å². The SMILES string of the molecule is C#CCn1c(=NC(=O)c2ccc(S(=O)(=O)N(C)CC3CCCO3)cc2)sc2cc(C(C)C)ccc21. The van der Waals surface area contributed by atoms with Crippen LogP contribution in [0.4, 0.5) is 0 Å². The van der Waals surface area contributed by atoms with E-state index in [1.54, 1.807) is 7.05 Å². The highest BCUT2D eigenvalue weighted by molar-refractivity contribution is 7.89. The molecule has 0 radical (unpaired) electrons. The van der Waals surface area contributed by atoms with Crippen molar-refractivity contribution in [2.75, 3.05) is 20.2 Å². The topological polar surface area (TPSA) is 81.0 Å². The molecule has 0 bridgehead atoms. The predicted molar refractivity (Wildman–Crippen MR) is 138 cm³/mol. The summed E-state index contributed by atoms with van der Waals surface area (Å²) >= 11 is 1.41. The van der Waals surface area contributed by atoms with Crippen LogP contribution in [0.5, 0.6) is 0 Å². The third kappa shape index (κ3) is 5.41. The van der Waals surface area contributed by atoms with Gasteiger partial charge in [0.1, 0.15) is 0 Å². The van der Waals surface area contributed by atoms with Gasteiger partial charge in [0.2, 0.25) is 10.0 Å². The van der Waals surface area contributed by atoms with E-state index in [1.807, 2.05) is 10.6 Å². The Morgan fingerprint density at radius 1 is 1.29 bits per heavy atom. The molecule has 7 nitrogen and oxygen atoms in total. The van der Waals surface area contributed by atoms with Gasteiger partial charge < -0.3 is 9.30 Å². The van der Waals surface area contributed by atoms with E-state index in [1.165, 1.54) is 45.5 Å². The van der Waals surface area contributed by atoms with Gasteiger partial charge in [0.15, 0.2) is 4.80 Å². The summed E-state index contributed by atoms with van der Waals surface area (Å²) in [5.41, 5.74) is 2.43. The molecule has 0 N–H and O–H groups in total. The Morgan fingerprint density at radius 2 is 2.03 bits per heavy atom. The molecule has 1 amide bonds. The van der Waals surface area contributed by atoms with Crippen LogP contribution in [-0.2, 0) is 21.3 Å². The van der Waals surface area contributed by atoms with E-state index in [0.29, 0.717) is 36.0 Å². The average molecular weight is 512 g/mol. The van der Waals surface area contributed by atoms with Gasteiger partial charge in [-0.25, -0.2) is 8.42 Å². The lowest BCUT2D eigenvalue weighted by Crippen LogP contribution is -2.34. The van der Waals surface area contributed by atoms with E-state index in [-0.39, 0.29) is 11.0 Å². The van der Waals surface area contributed by atoms with Crippen LogP contribution in [0.15, 0.2) is 52.4 Å². The van der Waals surface area contributed by atoms with Crippen molar-refractivity contribution in [3.63, 3.8) is 0 Å². The number of fused-ring (bicyclic) bond motifs is 1. The predicted octanol–water partition coefficient (Wildman–Crippen LogP) is 4.00. The molecule has 184 valence electrons. The zero-order valence-electron chi connectivity index (χ0n) is 20.1. The monoisotopic (exact) mass is 511 g/mol. The molecule has 35 heavy (non-hydrogen) atoms. The van der Waals surface area contributed by atoms with Crippen molar-refractivity contribution in [2.45, 2.75) is 50.2 Å². The Morgan fingerprint density at radius 3 is 2.66 bits per heavy atom. The zero-order valence-corrected chi connectivity index (χ0v) is 21.7. The first-order valence-electron chi connectivity index (χ1n) is 11.5. The maximum absolute atomic E-state index is 12.9. The number of hydrogen-bond acceptors (Lipinski definition) is 5. The second-order valence-electron chi connectivity index (χ2n) is 8.92. The van der Waals surface area contributed by atoms with Crippen molar-refractivity contribution in [1.82, 2.24) is 8.87 Å². The van der Waals surface area contributed by atoms with Gasteiger partial charge >= 0.3 is 0 Å². The van der Waals surface area contributed by atoms with Crippen LogP contribution < -0.4 is 4.80 Å². The number of carbonyl (C=O) groups excluding carboxylic acids is 1. The van der Waals surface area contributed by atoms with Crippen LogP contribution in [0.3, 0.4) is 0 Å². The molecule has 1 unspecified atom stereocenters. The summed E-state index contributed by atoms with van der Waals surface area (Å²) in [6, 6.07) is 12.1. The minimum atomic E-state index is -3.68. The summed E-state index contributed by atoms with van der Waals surface area (Å²) in [5.74, 6) is 2.55. The Hall–Kier alpha value is -2.77. The quantitative estimate of drug-likeness (QED) is 0.449. The summed E-state index contributed by atoms with van der Waals surface area (Å²) in [7, 11) is -2.14. The Bertz CT molecular complexity index is 1440. The molecule has 9 heteroatoms. The first-order valence-corrected chi connectivity index (χ1v) is 13.8. The second kappa shape index (κ2) is 10.5. The van der Waals surface area contributed by atoms with E-state index in [9.17, 15) is 13.2 Å². The summed E-state index contributed by atoms with van der Waals surface area (Å²) in [6.07, 6.45) is 7.29. The van der Waals surface area contributed by atoms with Gasteiger partial charge in [0, 0.05) is 25.8 Å². The minimum absolute atomic E-state index is 0.0814. The maximum Gasteiger partial charge on any atom is 0.279 e. The standard InChI is InChI=1S/C26H29N3O4S2/c1-5-14-29-23-13-10-20(18(2)3)16-24(23)34-26(29)27-25(30)19-8-11-22(12-9-19)35(31,32)28(4)17-21-7-6-15-33-21/h1,8-13,16,18,21H,6-7,14-15,17H2,2-4H3. The van der Waals surface area contributed by atoms with Gasteiger partial charge in [-0.1, -0.05) is 37.2 Å². The van der Waals surface area contributed by atoms with E-state index in [4.69, 9.17) is 11.2 Å². The van der Waals surface area contributed by atoms with Crippen LogP contribution in [0.25, 0.3) is 10.2 Å². The second-order valence-corrected chi connectivity index (χ2v) is 12.0. The Labute approximate surface area is 210 Å². The lowest BCUT2D eigenvalue weighted by atomic mass is 10.0. The summed E-state index contributed by atoms with van der Waals surface area (Å²) in [6.45, 7) is 5.52. The first-order chi connectivity index (χ1) is 16.7. The summed E-state index contributed by atoms with van der Waals surface area (Å²) in [5, 5.41) is 0. The number of amides is 1. The number of nitrogens with zero attached hydrogens (tertiary/aromatic N) is 3. The molecule has 2 aromatic carbocycles. The van der Waals surface area contributed by atoms with Crippen molar-refractivity contribution in [1.29, 1.82) is 0 Å². The number of sulfonamides is 1. The molecule has 1 saturated heterocycles. The lowest BCUT2D eigenvalue weighted by Gasteiger charge is -2.20. The van der Waals surface area contributed by atoms with Gasteiger partial charge in [0.05, 0.1) is 27.8 Å². The fourth-order valence-corrected chi connectivity index (χ4v) is 6.33. The number of benzene rings is 2. The van der Waals surface area contributed by atoms with E-state index < -0.39 is 15.9 Å². The van der Waals surface area contributed by atoms with Crippen LogP contribution in [-0.4, -0.2) is 49.5 Å². The van der Waals surface area contributed by atoms with Gasteiger partial charge in [0.25, 0.3) is 5.91 Å². The lowest BCUT2D eigenvalue weighted by molar-refractivity contribution is 0.0979. The van der Waals surface area contributed by atoms with Gasteiger partial charge in [-0.3, -0.25) is 4.79 Å². The summed E-state index contributed by atoms with van der Waals surface area (Å²) in [4.78, 5) is 17.9. The van der Waals surface area contributed by atoms with Crippen molar-refractivity contribution >= 4 is 37.5 Å². The van der Waals surface area contributed by atoms with Crippen LogP contribution in [0, 0.1) is 12.3 Å². The van der Waals surface area contributed by atoms with Gasteiger partial charge in [-0.2, -0.15) is 9.30 Å². The van der Waals surface area contributed by atoms with E-state index >= 15 is 0 Å². The minimum Gasteiger partial charge on any atom is -0.377 e. The molecule has 4 rings (SSSR count). The molecular weight excluding hydrogens is 482 g/mol. The maximum atomic E-state index is 12.9. The number of hydrogen-bond donors (Lipinski definition) is 0. The number of likely N-dealkylation sites (N-methyl/N-ethyl adjacent to an activating group) is 1. The highest BCUT2D eigenvalue weighted by atomic mass is 32.2. The Kier molecular flexibility index (Phi) is 7.57. The Balaban J connectivity index is 1.60. The third-order valence-electron chi connectivity index (χ3n) is 6.11. The number of terminal acetylenes is 1. The average Bonchev–Trinajstić information content (AvgIpc) is 3.47. The fraction of sp³-hybridized carbons (Fsp3) is 0.385. The number of thiazole rings is 1. The molecule has 2 heterocycles. The smallest absolute Gasteiger partial charge is 0.279 e. The van der Waals surface area contributed by atoms with E-state index in [0.717, 1.165) is 23.1 Å². The molecular formula is C26H29N3O4S2. The number of aromatic nitrogens is 1. The van der Waals surface area contributed by atoms with Crippen molar-refractivity contribution < 1.29 is 17.9 Å². The molecule has 1 atom stereocenters. The van der Waals surface area contributed by atoms with Crippen LogP contribution in [0.2, 0.25) is 0 Å². The van der Waals surface area contributed by atoms with Crippen LogP contribution in [0.1, 0.15) is 48.5 Å². The van der Waals surface area contributed by atoms with Crippen LogP contribution >= 0.6 is 11.3 Å². The molecule has 1 aliphatic heterocycles. The third-order valence-corrected chi connectivity index (χ3v) is 8.99. The highest BCUT2D eigenvalue weighted by Gasteiger charge is 2.26. The van der Waals surface area contributed by atoms with Gasteiger partial charge in [-0.05, 0) is 60.7 Å². The molecule has 3 aromatic rings. The fourth-order valence-electron chi connectivity index (χ4n) is 4.05. The largest absolute Gasteiger partial charge is 0.377 e. The molecule has 1 aromatic heterocycles. The first kappa shape index (κ1) is 25.3. The van der Waals surface area contributed by atoms with Gasteiger partial charge in [-0.15, -0.1) is 6.42 Å². The highest BCUT2D eigenvalue weighted by Crippen LogP contribution is 2.24. The molecule has 1 fully saturated rings. The molecule has 1 aliphatic rings. The summed E-state index contributed by atoms with van der Waals surface area (Å²) < 4.78 is 35.6. The normalized spacial score (nSPS) is 16.9. The number of rotatable bonds is 7. The molecule has 0 saturated carbocycles. The molecule has 0 aliphatic carbocycles. The molecule has 0 spiro atoms. The number of ether oxygens (including phenoxy) is 1.